The number of benzene rings is 1. The lowest BCUT2D eigenvalue weighted by molar-refractivity contribution is -0.127. The Hall–Kier alpha value is -2.94. The summed E-state index contributed by atoms with van der Waals surface area (Å²) in [6, 6.07) is 5.31. The number of halogens is 1. The average molecular weight is 405 g/mol. The van der Waals surface area contributed by atoms with Crippen LogP contribution in [-0.4, -0.2) is 61.3 Å². The summed E-state index contributed by atoms with van der Waals surface area (Å²) in [6.07, 6.45) is 3.46. The van der Waals surface area contributed by atoms with Crippen LogP contribution in [0.15, 0.2) is 24.3 Å². The highest BCUT2D eigenvalue weighted by Crippen LogP contribution is 2.19. The smallest absolute Gasteiger partial charge is 0.404 e. The Morgan fingerprint density at radius 2 is 2.11 bits per heavy atom. The van der Waals surface area contributed by atoms with E-state index in [2.05, 4.69) is 20.7 Å². The Balaban J connectivity index is 1.65. The van der Waals surface area contributed by atoms with E-state index in [1.54, 1.807) is 24.0 Å². The number of piperidine rings is 1. The lowest BCUT2D eigenvalue weighted by Gasteiger charge is -2.31. The van der Waals surface area contributed by atoms with Crippen LogP contribution in [0.5, 0.6) is 0 Å². The van der Waals surface area contributed by atoms with Crippen LogP contribution in [0.4, 0.5) is 4.79 Å². The Morgan fingerprint density at radius 3 is 2.75 bits per heavy atom. The molecule has 0 spiro atoms. The zero-order valence-corrected chi connectivity index (χ0v) is 16.1. The van der Waals surface area contributed by atoms with Crippen molar-refractivity contribution in [1.29, 1.82) is 0 Å². The van der Waals surface area contributed by atoms with Crippen LogP contribution in [0.1, 0.15) is 29.8 Å². The monoisotopic (exact) mass is 404 g/mol. The van der Waals surface area contributed by atoms with Crippen LogP contribution >= 0.6 is 11.6 Å². The second kappa shape index (κ2) is 8.83. The first-order valence-electron chi connectivity index (χ1n) is 8.90. The fourth-order valence-corrected chi connectivity index (χ4v) is 3.30. The molecule has 2 N–H and O–H groups in total. The number of carboxylic acid groups (broad SMARTS) is 1. The van der Waals surface area contributed by atoms with Crippen LogP contribution in [0.3, 0.4) is 0 Å². The maximum Gasteiger partial charge on any atom is 0.404 e. The molecule has 0 unspecified atom stereocenters. The van der Waals surface area contributed by atoms with Crippen molar-refractivity contribution in [2.75, 3.05) is 13.1 Å². The molecule has 1 aliphatic heterocycles. The summed E-state index contributed by atoms with van der Waals surface area (Å²) >= 11 is 6.11. The van der Waals surface area contributed by atoms with Gasteiger partial charge >= 0.3 is 6.09 Å². The van der Waals surface area contributed by atoms with Crippen molar-refractivity contribution in [3.8, 4) is 0 Å². The van der Waals surface area contributed by atoms with Crippen molar-refractivity contribution in [3.05, 3.63) is 46.2 Å². The molecule has 1 aromatic carbocycles. The van der Waals surface area contributed by atoms with Crippen molar-refractivity contribution in [2.45, 2.75) is 32.4 Å². The number of nitrogens with one attached hydrogen (secondary N) is 1. The normalized spacial score (nSPS) is 15.1. The molecule has 2 heterocycles. The van der Waals surface area contributed by atoms with E-state index in [0.717, 1.165) is 11.1 Å². The number of likely N-dealkylation sites (tertiary alicyclic amines) is 1. The molecule has 0 atom stereocenters. The molecule has 28 heavy (non-hydrogen) atoms. The van der Waals surface area contributed by atoms with Gasteiger partial charge in [0.1, 0.15) is 0 Å². The predicted octanol–water partition coefficient (Wildman–Crippen LogP) is 1.96. The minimum Gasteiger partial charge on any atom is -0.465 e. The van der Waals surface area contributed by atoms with Gasteiger partial charge in [0.2, 0.25) is 5.91 Å². The minimum absolute atomic E-state index is 0.105. The summed E-state index contributed by atoms with van der Waals surface area (Å²) in [6.45, 7) is 3.19. The van der Waals surface area contributed by atoms with Gasteiger partial charge in [0, 0.05) is 30.2 Å². The average Bonchev–Trinajstić information content (AvgIpc) is 3.06. The molecule has 10 heteroatoms. The molecular weight excluding hydrogens is 384 g/mol. The molecule has 1 aromatic heterocycles. The third kappa shape index (κ3) is 5.29. The zero-order valence-electron chi connectivity index (χ0n) is 15.4. The van der Waals surface area contributed by atoms with Crippen LogP contribution in [-0.2, 0) is 11.3 Å². The Kier molecular flexibility index (Phi) is 6.25. The summed E-state index contributed by atoms with van der Waals surface area (Å²) in [4.78, 5) is 26.4. The molecule has 3 rings (SSSR count). The molecule has 1 fully saturated rings. The van der Waals surface area contributed by atoms with E-state index in [1.807, 2.05) is 12.1 Å². The molecule has 0 saturated carbocycles. The van der Waals surface area contributed by atoms with Gasteiger partial charge < -0.3 is 15.3 Å². The summed E-state index contributed by atoms with van der Waals surface area (Å²) in [7, 11) is 0. The largest absolute Gasteiger partial charge is 0.465 e. The molecule has 2 aromatic rings. The van der Waals surface area contributed by atoms with E-state index in [9.17, 15) is 9.59 Å². The molecule has 2 amide bonds. The molecule has 0 radical (unpaired) electrons. The fourth-order valence-electron chi connectivity index (χ4n) is 3.10. The van der Waals surface area contributed by atoms with Crippen molar-refractivity contribution < 1.29 is 14.7 Å². The Bertz CT molecular complexity index is 889. The van der Waals surface area contributed by atoms with Gasteiger partial charge in [-0.05, 0) is 54.3 Å². The van der Waals surface area contributed by atoms with E-state index in [0.29, 0.717) is 43.3 Å². The van der Waals surface area contributed by atoms with Crippen LogP contribution in [0.2, 0.25) is 5.02 Å². The van der Waals surface area contributed by atoms with Gasteiger partial charge in [-0.3, -0.25) is 4.79 Å². The third-order valence-electron chi connectivity index (χ3n) is 4.51. The maximum atomic E-state index is 12.5. The SMILES string of the molecule is Cc1nnn(Cc2cc(Cl)ccc2/C=C/C(=O)N2CCC(NC(=O)O)CC2)n1. The number of carbonyl (C=O) groups is 2. The Morgan fingerprint density at radius 1 is 1.36 bits per heavy atom. The fraction of sp³-hybridized carbons (Fsp3) is 0.389. The van der Waals surface area contributed by atoms with Crippen molar-refractivity contribution >= 4 is 29.7 Å². The summed E-state index contributed by atoms with van der Waals surface area (Å²) in [5, 5.41) is 23.8. The van der Waals surface area contributed by atoms with Gasteiger partial charge in [-0.2, -0.15) is 4.80 Å². The van der Waals surface area contributed by atoms with Gasteiger partial charge in [-0.1, -0.05) is 17.7 Å². The zero-order chi connectivity index (χ0) is 20.1. The van der Waals surface area contributed by atoms with Gasteiger partial charge in [0.05, 0.1) is 6.54 Å². The first-order valence-corrected chi connectivity index (χ1v) is 9.28. The van der Waals surface area contributed by atoms with E-state index < -0.39 is 6.09 Å². The summed E-state index contributed by atoms with van der Waals surface area (Å²) in [5.74, 6) is 0.472. The number of carbonyl (C=O) groups excluding carboxylic acids is 1. The number of tetrazole rings is 1. The highest BCUT2D eigenvalue weighted by atomic mass is 35.5. The molecule has 0 aliphatic carbocycles. The van der Waals surface area contributed by atoms with Gasteiger partial charge in [-0.15, -0.1) is 10.2 Å². The molecule has 148 valence electrons. The lowest BCUT2D eigenvalue weighted by Crippen LogP contribution is -2.45. The van der Waals surface area contributed by atoms with E-state index in [1.165, 1.54) is 10.9 Å². The Labute approximate surface area is 167 Å². The lowest BCUT2D eigenvalue weighted by atomic mass is 10.0. The van der Waals surface area contributed by atoms with E-state index in [-0.39, 0.29) is 11.9 Å². The number of aromatic nitrogens is 4. The predicted molar refractivity (Wildman–Crippen MR) is 103 cm³/mol. The second-order valence-corrected chi connectivity index (χ2v) is 7.03. The molecule has 1 saturated heterocycles. The minimum atomic E-state index is -1.03. The number of rotatable bonds is 5. The van der Waals surface area contributed by atoms with Crippen molar-refractivity contribution in [3.63, 3.8) is 0 Å². The van der Waals surface area contributed by atoms with Gasteiger partial charge in [0.15, 0.2) is 5.82 Å². The quantitative estimate of drug-likeness (QED) is 0.736. The number of aryl methyl sites for hydroxylation is 1. The van der Waals surface area contributed by atoms with Crippen molar-refractivity contribution in [1.82, 2.24) is 30.4 Å². The maximum absolute atomic E-state index is 12.5. The molecule has 1 aliphatic rings. The number of nitrogens with zero attached hydrogens (tertiary/aromatic N) is 5. The number of amides is 2. The highest BCUT2D eigenvalue weighted by Gasteiger charge is 2.22. The van der Waals surface area contributed by atoms with E-state index in [4.69, 9.17) is 16.7 Å². The van der Waals surface area contributed by atoms with Crippen LogP contribution < -0.4 is 5.32 Å². The third-order valence-corrected chi connectivity index (χ3v) is 4.74. The number of hydrogen-bond acceptors (Lipinski definition) is 5. The first kappa shape index (κ1) is 19.8. The molecular formula is C18H21ClN6O3. The first-order chi connectivity index (χ1) is 13.4. The van der Waals surface area contributed by atoms with Crippen LogP contribution in [0, 0.1) is 6.92 Å². The second-order valence-electron chi connectivity index (χ2n) is 6.59. The highest BCUT2D eigenvalue weighted by molar-refractivity contribution is 6.30. The van der Waals surface area contributed by atoms with Gasteiger partial charge in [0.25, 0.3) is 0 Å². The molecule has 0 bridgehead atoms. The standard InChI is InChI=1S/C18H21ClN6O3/c1-12-21-23-25(22-12)11-14-10-15(19)4-2-13(14)3-5-17(26)24-8-6-16(7-9-24)20-18(27)28/h2-5,10,16,20H,6-9,11H2,1H3,(H,27,28)/b5-3+. The van der Waals surface area contributed by atoms with E-state index >= 15 is 0 Å². The van der Waals surface area contributed by atoms with Gasteiger partial charge in [-0.25, -0.2) is 4.79 Å². The molecule has 9 nitrogen and oxygen atoms in total. The number of hydrogen-bond donors (Lipinski definition) is 2. The van der Waals surface area contributed by atoms with Crippen molar-refractivity contribution in [2.24, 2.45) is 0 Å². The topological polar surface area (TPSA) is 113 Å². The summed E-state index contributed by atoms with van der Waals surface area (Å²) in [5.41, 5.74) is 1.72. The van der Waals surface area contributed by atoms with Crippen LogP contribution in [0.25, 0.3) is 6.08 Å². The summed E-state index contributed by atoms with van der Waals surface area (Å²) < 4.78 is 0.